The van der Waals surface area contributed by atoms with Crippen LogP contribution in [0.5, 0.6) is 0 Å². The highest BCUT2D eigenvalue weighted by molar-refractivity contribution is 14.0. The average molecular weight is 361 g/mol. The number of benzene rings is 1. The van der Waals surface area contributed by atoms with E-state index in [1.165, 1.54) is 5.56 Å². The summed E-state index contributed by atoms with van der Waals surface area (Å²) in [5, 5.41) is 6.44. The predicted molar refractivity (Wildman–Crippen MR) is 89.8 cm³/mol. The van der Waals surface area contributed by atoms with Crippen LogP contribution < -0.4 is 10.6 Å². The first kappa shape index (κ1) is 17.2. The summed E-state index contributed by atoms with van der Waals surface area (Å²) >= 11 is 0. The maximum atomic E-state index is 4.51. The Labute approximate surface area is 127 Å². The number of hydrogen-bond acceptors (Lipinski definition) is 1. The Morgan fingerprint density at radius 2 is 1.67 bits per heavy atom. The van der Waals surface area contributed by atoms with Crippen molar-refractivity contribution in [3.05, 3.63) is 35.9 Å². The molecule has 0 heterocycles. The number of halogens is 1. The summed E-state index contributed by atoms with van der Waals surface area (Å²) in [6.07, 6.45) is 2.18. The van der Waals surface area contributed by atoms with Crippen molar-refractivity contribution in [1.82, 2.24) is 10.6 Å². The van der Waals surface area contributed by atoms with Crippen molar-refractivity contribution in [2.45, 2.75) is 26.7 Å². The van der Waals surface area contributed by atoms with E-state index in [0.29, 0.717) is 0 Å². The summed E-state index contributed by atoms with van der Waals surface area (Å²) in [5.74, 6) is 0.920. The van der Waals surface area contributed by atoms with Crippen LogP contribution in [0.25, 0.3) is 0 Å². The van der Waals surface area contributed by atoms with Crippen molar-refractivity contribution in [3.8, 4) is 0 Å². The molecule has 0 fully saturated rings. The number of nitrogens with zero attached hydrogens (tertiary/aromatic N) is 1. The smallest absolute Gasteiger partial charge is 0.191 e. The van der Waals surface area contributed by atoms with Crippen LogP contribution in [0.3, 0.4) is 0 Å². The third kappa shape index (κ3) is 7.53. The fourth-order valence-corrected chi connectivity index (χ4v) is 1.63. The summed E-state index contributed by atoms with van der Waals surface area (Å²) in [6.45, 7) is 6.84. The van der Waals surface area contributed by atoms with E-state index in [1.807, 2.05) is 0 Å². The molecule has 102 valence electrons. The Kier molecular flexibility index (Phi) is 10.8. The molecular weight excluding hydrogens is 337 g/mol. The molecule has 0 aliphatic rings. The topological polar surface area (TPSA) is 36.4 Å². The maximum absolute atomic E-state index is 4.51. The van der Waals surface area contributed by atoms with Crippen molar-refractivity contribution in [2.75, 3.05) is 19.6 Å². The van der Waals surface area contributed by atoms with E-state index >= 15 is 0 Å². The van der Waals surface area contributed by atoms with Gasteiger partial charge in [-0.15, -0.1) is 24.0 Å². The summed E-state index contributed by atoms with van der Waals surface area (Å²) in [5.41, 5.74) is 1.39. The Balaban J connectivity index is 0.00000289. The highest BCUT2D eigenvalue weighted by Gasteiger charge is 1.94. The Bertz CT molecular complexity index is 317. The van der Waals surface area contributed by atoms with Gasteiger partial charge in [-0.05, 0) is 32.3 Å². The van der Waals surface area contributed by atoms with Crippen LogP contribution in [0.2, 0.25) is 0 Å². The molecule has 0 aromatic heterocycles. The first-order chi connectivity index (χ1) is 8.36. The quantitative estimate of drug-likeness (QED) is 0.354. The molecule has 0 aliphatic carbocycles. The van der Waals surface area contributed by atoms with E-state index in [-0.39, 0.29) is 24.0 Å². The lowest BCUT2D eigenvalue weighted by molar-refractivity contribution is 0.795. The van der Waals surface area contributed by atoms with Gasteiger partial charge in [0.05, 0.1) is 0 Å². The van der Waals surface area contributed by atoms with Gasteiger partial charge in [0.1, 0.15) is 0 Å². The molecule has 0 unspecified atom stereocenters. The largest absolute Gasteiger partial charge is 0.357 e. The molecular formula is C14H24IN3. The first-order valence-corrected chi connectivity index (χ1v) is 6.43. The molecule has 4 heteroatoms. The zero-order chi connectivity index (χ0) is 12.3. The minimum atomic E-state index is 0. The molecule has 1 aromatic carbocycles. The van der Waals surface area contributed by atoms with Crippen LogP contribution in [-0.2, 0) is 6.42 Å². The summed E-state index contributed by atoms with van der Waals surface area (Å²) < 4.78 is 0. The molecule has 0 spiro atoms. The highest BCUT2D eigenvalue weighted by Crippen LogP contribution is 2.02. The SMILES string of the molecule is CCNC(=NCCCc1ccccc1)NCC.I. The number of hydrogen-bond donors (Lipinski definition) is 2. The van der Waals surface area contributed by atoms with Gasteiger partial charge >= 0.3 is 0 Å². The number of aliphatic imine (C=N–C) groups is 1. The minimum absolute atomic E-state index is 0. The van der Waals surface area contributed by atoms with Crippen molar-refractivity contribution < 1.29 is 0 Å². The molecule has 1 aromatic rings. The zero-order valence-corrected chi connectivity index (χ0v) is 13.6. The van der Waals surface area contributed by atoms with Crippen molar-refractivity contribution in [2.24, 2.45) is 4.99 Å². The van der Waals surface area contributed by atoms with Gasteiger partial charge in [-0.25, -0.2) is 0 Å². The minimum Gasteiger partial charge on any atom is -0.357 e. The predicted octanol–water partition coefficient (Wildman–Crippen LogP) is 2.81. The fourth-order valence-electron chi connectivity index (χ4n) is 1.63. The van der Waals surface area contributed by atoms with Crippen LogP contribution in [0.4, 0.5) is 0 Å². The highest BCUT2D eigenvalue weighted by atomic mass is 127. The second-order valence-electron chi connectivity index (χ2n) is 3.88. The molecule has 0 aliphatic heterocycles. The van der Waals surface area contributed by atoms with Crippen LogP contribution in [0.1, 0.15) is 25.8 Å². The maximum Gasteiger partial charge on any atom is 0.191 e. The van der Waals surface area contributed by atoms with Gasteiger partial charge in [0.25, 0.3) is 0 Å². The number of aryl methyl sites for hydroxylation is 1. The fraction of sp³-hybridized carbons (Fsp3) is 0.500. The van der Waals surface area contributed by atoms with Crippen LogP contribution in [0.15, 0.2) is 35.3 Å². The lowest BCUT2D eigenvalue weighted by Gasteiger charge is -2.08. The van der Waals surface area contributed by atoms with Gasteiger partial charge < -0.3 is 10.6 Å². The standard InChI is InChI=1S/C14H23N3.HI/c1-3-15-14(16-4-2)17-12-8-11-13-9-6-5-7-10-13;/h5-7,9-10H,3-4,8,11-12H2,1-2H3,(H2,15,16,17);1H. The molecule has 1 rings (SSSR count). The second-order valence-corrected chi connectivity index (χ2v) is 3.88. The molecule has 0 bridgehead atoms. The van der Waals surface area contributed by atoms with E-state index in [9.17, 15) is 0 Å². The van der Waals surface area contributed by atoms with Crippen molar-refractivity contribution in [3.63, 3.8) is 0 Å². The van der Waals surface area contributed by atoms with Crippen LogP contribution >= 0.6 is 24.0 Å². The monoisotopic (exact) mass is 361 g/mol. The van der Waals surface area contributed by atoms with Crippen molar-refractivity contribution >= 4 is 29.9 Å². The number of rotatable bonds is 6. The third-order valence-electron chi connectivity index (χ3n) is 2.42. The molecule has 0 radical (unpaired) electrons. The summed E-state index contributed by atoms with van der Waals surface area (Å²) in [7, 11) is 0. The summed E-state index contributed by atoms with van der Waals surface area (Å²) in [4.78, 5) is 4.51. The van der Waals surface area contributed by atoms with Crippen LogP contribution in [0, 0.1) is 0 Å². The Morgan fingerprint density at radius 1 is 1.06 bits per heavy atom. The Morgan fingerprint density at radius 3 is 2.22 bits per heavy atom. The molecule has 3 nitrogen and oxygen atoms in total. The van der Waals surface area contributed by atoms with E-state index in [4.69, 9.17) is 0 Å². The average Bonchev–Trinajstić information content (AvgIpc) is 2.36. The number of guanidine groups is 1. The molecule has 0 saturated carbocycles. The number of nitrogens with one attached hydrogen (secondary N) is 2. The van der Waals surface area contributed by atoms with Gasteiger partial charge in [0.2, 0.25) is 0 Å². The van der Waals surface area contributed by atoms with E-state index < -0.39 is 0 Å². The van der Waals surface area contributed by atoms with Gasteiger partial charge in [-0.3, -0.25) is 4.99 Å². The lowest BCUT2D eigenvalue weighted by Crippen LogP contribution is -2.37. The van der Waals surface area contributed by atoms with E-state index in [1.54, 1.807) is 0 Å². The van der Waals surface area contributed by atoms with Gasteiger partial charge in [-0.1, -0.05) is 30.3 Å². The molecule has 18 heavy (non-hydrogen) atoms. The first-order valence-electron chi connectivity index (χ1n) is 6.43. The van der Waals surface area contributed by atoms with Gasteiger partial charge in [0.15, 0.2) is 5.96 Å². The second kappa shape index (κ2) is 11.3. The van der Waals surface area contributed by atoms with Crippen LogP contribution in [-0.4, -0.2) is 25.6 Å². The van der Waals surface area contributed by atoms with Gasteiger partial charge in [0, 0.05) is 19.6 Å². The third-order valence-corrected chi connectivity index (χ3v) is 2.42. The normalized spacial score (nSPS) is 9.22. The van der Waals surface area contributed by atoms with E-state index in [2.05, 4.69) is 59.8 Å². The zero-order valence-electron chi connectivity index (χ0n) is 11.3. The van der Waals surface area contributed by atoms with Crippen molar-refractivity contribution in [1.29, 1.82) is 0 Å². The van der Waals surface area contributed by atoms with E-state index in [0.717, 1.165) is 38.4 Å². The molecule has 0 saturated heterocycles. The molecule has 0 atom stereocenters. The Hall–Kier alpha value is -0.780. The summed E-state index contributed by atoms with van der Waals surface area (Å²) in [6, 6.07) is 10.6. The lowest BCUT2D eigenvalue weighted by atomic mass is 10.1. The van der Waals surface area contributed by atoms with Gasteiger partial charge in [-0.2, -0.15) is 0 Å². The molecule has 0 amide bonds. The molecule has 2 N–H and O–H groups in total.